The Morgan fingerprint density at radius 1 is 1.44 bits per heavy atom. The van der Waals surface area contributed by atoms with Gasteiger partial charge in [0.25, 0.3) is 0 Å². The lowest BCUT2D eigenvalue weighted by atomic mass is 10.2. The van der Waals surface area contributed by atoms with Crippen molar-refractivity contribution < 1.29 is 23.1 Å². The van der Waals surface area contributed by atoms with Crippen molar-refractivity contribution in [2.45, 2.75) is 25.0 Å². The molecule has 1 aromatic rings. The Morgan fingerprint density at radius 2 is 2.06 bits per heavy atom. The van der Waals surface area contributed by atoms with E-state index in [0.717, 1.165) is 17.8 Å². The highest BCUT2D eigenvalue weighted by Gasteiger charge is 2.33. The van der Waals surface area contributed by atoms with E-state index in [2.05, 4.69) is 4.98 Å². The molecule has 1 N–H and O–H groups in total. The second-order valence-corrected chi connectivity index (χ2v) is 5.07. The van der Waals surface area contributed by atoms with Crippen LogP contribution in [0.4, 0.5) is 13.2 Å². The van der Waals surface area contributed by atoms with E-state index >= 15 is 0 Å². The lowest BCUT2D eigenvalue weighted by Gasteiger charge is -2.11. The molecule has 0 atom stereocenters. The number of nitrogens with zero attached hydrogens (tertiary/aromatic N) is 1. The van der Waals surface area contributed by atoms with Gasteiger partial charge in [-0.2, -0.15) is 13.2 Å². The summed E-state index contributed by atoms with van der Waals surface area (Å²) in [5.74, 6) is -0.537. The summed E-state index contributed by atoms with van der Waals surface area (Å²) in [6.45, 7) is 3.78. The van der Waals surface area contributed by atoms with E-state index in [-0.39, 0.29) is 16.5 Å². The first-order valence-electron chi connectivity index (χ1n) is 5.16. The van der Waals surface area contributed by atoms with Gasteiger partial charge in [-0.15, -0.1) is 11.8 Å². The average molecular weight is 279 g/mol. The Kier molecular flexibility index (Phi) is 4.61. The van der Waals surface area contributed by atoms with Gasteiger partial charge in [0.2, 0.25) is 0 Å². The maximum atomic E-state index is 12.5. The highest BCUT2D eigenvalue weighted by atomic mass is 32.2. The third kappa shape index (κ3) is 3.90. The minimum Gasteiger partial charge on any atom is -0.478 e. The maximum Gasteiger partial charge on any atom is 0.433 e. The summed E-state index contributed by atoms with van der Waals surface area (Å²) in [6.07, 6.45) is -4.57. The van der Waals surface area contributed by atoms with Gasteiger partial charge in [0, 0.05) is 5.75 Å². The molecule has 7 heteroatoms. The van der Waals surface area contributed by atoms with Crippen LogP contribution in [0.3, 0.4) is 0 Å². The second-order valence-electron chi connectivity index (χ2n) is 4.06. The SMILES string of the molecule is CC(C)CSc1nc(C(F)(F)F)ccc1C(=O)O. The zero-order valence-electron chi connectivity index (χ0n) is 9.78. The molecule has 100 valence electrons. The standard InChI is InChI=1S/C11H12F3NO2S/c1-6(2)5-18-9-7(10(16)17)3-4-8(15-9)11(12,13)14/h3-4,6H,5H2,1-2H3,(H,16,17). The highest BCUT2D eigenvalue weighted by molar-refractivity contribution is 7.99. The number of aromatic carboxylic acids is 1. The molecular formula is C11H12F3NO2S. The molecule has 0 aromatic carbocycles. The van der Waals surface area contributed by atoms with Gasteiger partial charge in [-0.25, -0.2) is 9.78 Å². The second kappa shape index (κ2) is 5.60. The number of hydrogen-bond acceptors (Lipinski definition) is 3. The normalized spacial score (nSPS) is 11.9. The Bertz CT molecular complexity index is 446. The van der Waals surface area contributed by atoms with Gasteiger partial charge in [0.1, 0.15) is 10.7 Å². The number of carbonyl (C=O) groups is 1. The number of aromatic nitrogens is 1. The van der Waals surface area contributed by atoms with E-state index < -0.39 is 17.8 Å². The molecule has 0 unspecified atom stereocenters. The Hall–Kier alpha value is -1.24. The minimum absolute atomic E-state index is 0.0916. The van der Waals surface area contributed by atoms with Gasteiger partial charge >= 0.3 is 12.1 Å². The van der Waals surface area contributed by atoms with Gasteiger partial charge in [-0.1, -0.05) is 13.8 Å². The first-order chi connectivity index (χ1) is 8.21. The molecule has 1 rings (SSSR count). The van der Waals surface area contributed by atoms with Gasteiger partial charge < -0.3 is 5.11 Å². The largest absolute Gasteiger partial charge is 0.478 e. The van der Waals surface area contributed by atoms with Crippen molar-refractivity contribution >= 4 is 17.7 Å². The fraction of sp³-hybridized carbons (Fsp3) is 0.455. The smallest absolute Gasteiger partial charge is 0.433 e. The van der Waals surface area contributed by atoms with Crippen LogP contribution in [0.2, 0.25) is 0 Å². The first kappa shape index (κ1) is 14.8. The summed E-state index contributed by atoms with van der Waals surface area (Å²) in [5, 5.41) is 8.80. The monoisotopic (exact) mass is 279 g/mol. The predicted molar refractivity (Wildman–Crippen MR) is 61.8 cm³/mol. The number of pyridine rings is 1. The molecule has 0 aliphatic rings. The van der Waals surface area contributed by atoms with Crippen LogP contribution in [-0.2, 0) is 6.18 Å². The highest BCUT2D eigenvalue weighted by Crippen LogP contribution is 2.31. The molecule has 0 amide bonds. The Morgan fingerprint density at radius 3 is 2.50 bits per heavy atom. The molecule has 0 saturated heterocycles. The number of carboxylic acid groups (broad SMARTS) is 1. The van der Waals surface area contributed by atoms with Crippen molar-refractivity contribution in [2.75, 3.05) is 5.75 Å². The molecule has 0 spiro atoms. The predicted octanol–water partition coefficient (Wildman–Crippen LogP) is 3.55. The third-order valence-corrected chi connectivity index (χ3v) is 3.35. The van der Waals surface area contributed by atoms with Crippen molar-refractivity contribution in [1.29, 1.82) is 0 Å². The van der Waals surface area contributed by atoms with Gasteiger partial charge in [-0.05, 0) is 18.1 Å². The van der Waals surface area contributed by atoms with Crippen molar-refractivity contribution in [1.82, 2.24) is 4.98 Å². The summed E-state index contributed by atoms with van der Waals surface area (Å²) < 4.78 is 37.4. The number of carboxylic acids is 1. The van der Waals surface area contributed by atoms with Gasteiger partial charge in [0.15, 0.2) is 0 Å². The van der Waals surface area contributed by atoms with Crippen LogP contribution in [0.15, 0.2) is 17.2 Å². The molecule has 3 nitrogen and oxygen atoms in total. The maximum absolute atomic E-state index is 12.5. The molecule has 0 aliphatic carbocycles. The summed E-state index contributed by atoms with van der Waals surface area (Å²) in [7, 11) is 0. The summed E-state index contributed by atoms with van der Waals surface area (Å²) in [6, 6.07) is 1.63. The van der Waals surface area contributed by atoms with E-state index in [1.54, 1.807) is 0 Å². The van der Waals surface area contributed by atoms with Crippen molar-refractivity contribution in [3.05, 3.63) is 23.4 Å². The Labute approximate surface area is 106 Å². The van der Waals surface area contributed by atoms with Crippen LogP contribution in [0.5, 0.6) is 0 Å². The fourth-order valence-corrected chi connectivity index (χ4v) is 2.08. The van der Waals surface area contributed by atoms with E-state index in [1.165, 1.54) is 0 Å². The molecule has 0 aliphatic heterocycles. The van der Waals surface area contributed by atoms with Crippen LogP contribution in [0.25, 0.3) is 0 Å². The number of alkyl halides is 3. The van der Waals surface area contributed by atoms with Crippen LogP contribution in [-0.4, -0.2) is 21.8 Å². The summed E-state index contributed by atoms with van der Waals surface area (Å²) >= 11 is 1.02. The van der Waals surface area contributed by atoms with E-state index in [4.69, 9.17) is 5.11 Å². The van der Waals surface area contributed by atoms with Gasteiger partial charge in [0.05, 0.1) is 5.56 Å². The molecular weight excluding hydrogens is 267 g/mol. The zero-order valence-corrected chi connectivity index (χ0v) is 10.6. The van der Waals surface area contributed by atoms with Crippen molar-refractivity contribution in [3.63, 3.8) is 0 Å². The number of thioether (sulfide) groups is 1. The van der Waals surface area contributed by atoms with Crippen LogP contribution in [0.1, 0.15) is 29.9 Å². The first-order valence-corrected chi connectivity index (χ1v) is 6.14. The number of halogens is 3. The lowest BCUT2D eigenvalue weighted by Crippen LogP contribution is -2.11. The molecule has 0 radical (unpaired) electrons. The lowest BCUT2D eigenvalue weighted by molar-refractivity contribution is -0.141. The minimum atomic E-state index is -4.57. The molecule has 1 heterocycles. The summed E-state index contributed by atoms with van der Waals surface area (Å²) in [4.78, 5) is 14.3. The topological polar surface area (TPSA) is 50.2 Å². The fourth-order valence-electron chi connectivity index (χ4n) is 1.12. The van der Waals surface area contributed by atoms with Crippen molar-refractivity contribution in [2.24, 2.45) is 5.92 Å². The van der Waals surface area contributed by atoms with Crippen LogP contribution >= 0.6 is 11.8 Å². The molecule has 0 fully saturated rings. The van der Waals surface area contributed by atoms with Crippen molar-refractivity contribution in [3.8, 4) is 0 Å². The molecule has 18 heavy (non-hydrogen) atoms. The summed E-state index contributed by atoms with van der Waals surface area (Å²) in [5.41, 5.74) is -1.27. The molecule has 1 aromatic heterocycles. The zero-order chi connectivity index (χ0) is 13.9. The van der Waals surface area contributed by atoms with Crippen LogP contribution < -0.4 is 0 Å². The number of rotatable bonds is 4. The third-order valence-electron chi connectivity index (χ3n) is 1.93. The quantitative estimate of drug-likeness (QED) is 0.856. The molecule has 0 bridgehead atoms. The van der Waals surface area contributed by atoms with E-state index in [1.807, 2.05) is 13.8 Å². The van der Waals surface area contributed by atoms with E-state index in [0.29, 0.717) is 11.8 Å². The Balaban J connectivity index is 3.12. The average Bonchev–Trinajstić information content (AvgIpc) is 2.24. The van der Waals surface area contributed by atoms with Crippen LogP contribution in [0, 0.1) is 5.92 Å². The number of hydrogen-bond donors (Lipinski definition) is 1. The van der Waals surface area contributed by atoms with E-state index in [9.17, 15) is 18.0 Å². The van der Waals surface area contributed by atoms with Gasteiger partial charge in [-0.3, -0.25) is 0 Å². The molecule has 0 saturated carbocycles.